The predicted molar refractivity (Wildman–Crippen MR) is 184 cm³/mol. The zero-order valence-electron chi connectivity index (χ0n) is 28.8. The van der Waals surface area contributed by atoms with Gasteiger partial charge >= 0.3 is 5.97 Å². The summed E-state index contributed by atoms with van der Waals surface area (Å²) in [6.45, 7) is 5.22. The van der Waals surface area contributed by atoms with E-state index in [4.69, 9.17) is 4.74 Å². The van der Waals surface area contributed by atoms with Crippen LogP contribution in [0, 0.1) is 0 Å². The van der Waals surface area contributed by atoms with Crippen molar-refractivity contribution in [2.24, 2.45) is 0 Å². The number of hydrogen-bond acceptors (Lipinski definition) is 2. The van der Waals surface area contributed by atoms with Crippen molar-refractivity contribution in [1.82, 2.24) is 0 Å². The summed E-state index contributed by atoms with van der Waals surface area (Å²) in [7, 11) is 0. The minimum absolute atomic E-state index is 0.0300. The summed E-state index contributed by atoms with van der Waals surface area (Å²) in [4.78, 5) is 12.0. The molecule has 0 aromatic rings. The van der Waals surface area contributed by atoms with E-state index in [1.807, 2.05) is 0 Å². The van der Waals surface area contributed by atoms with Gasteiger partial charge in [0, 0.05) is 6.42 Å². The lowest BCUT2D eigenvalue weighted by Crippen LogP contribution is -2.05. The van der Waals surface area contributed by atoms with Crippen molar-refractivity contribution in [2.75, 3.05) is 6.61 Å². The van der Waals surface area contributed by atoms with Crippen LogP contribution >= 0.6 is 0 Å². The third-order valence-electron chi connectivity index (χ3n) is 9.00. The van der Waals surface area contributed by atoms with E-state index in [2.05, 4.69) is 13.8 Å². The number of ether oxygens (including phenoxy) is 1. The molecule has 0 radical (unpaired) electrons. The lowest BCUT2D eigenvalue weighted by molar-refractivity contribution is -0.143. The Morgan fingerprint density at radius 1 is 0.317 bits per heavy atom. The van der Waals surface area contributed by atoms with Gasteiger partial charge in [-0.2, -0.15) is 0 Å². The van der Waals surface area contributed by atoms with Crippen molar-refractivity contribution in [3.05, 3.63) is 0 Å². The van der Waals surface area contributed by atoms with Crippen LogP contribution in [0.5, 0.6) is 0 Å². The summed E-state index contributed by atoms with van der Waals surface area (Å²) in [5.74, 6) is 0.0300. The van der Waals surface area contributed by atoms with E-state index in [0.717, 1.165) is 12.8 Å². The number of unbranched alkanes of at least 4 members (excludes halogenated alkanes) is 32. The van der Waals surface area contributed by atoms with E-state index < -0.39 is 0 Å². The Morgan fingerprint density at radius 3 is 0.805 bits per heavy atom. The summed E-state index contributed by atoms with van der Waals surface area (Å²) >= 11 is 0. The van der Waals surface area contributed by atoms with Gasteiger partial charge in [-0.3, -0.25) is 4.79 Å². The molecule has 0 saturated heterocycles. The van der Waals surface area contributed by atoms with Crippen molar-refractivity contribution in [3.8, 4) is 0 Å². The zero-order valence-corrected chi connectivity index (χ0v) is 28.8. The molecule has 0 aliphatic carbocycles. The first kappa shape index (κ1) is 40.5. The number of hydrogen-bond donors (Lipinski definition) is 0. The Kier molecular flexibility index (Phi) is 37.0. The fourth-order valence-corrected chi connectivity index (χ4v) is 6.08. The average molecular weight is 579 g/mol. The van der Waals surface area contributed by atoms with Crippen molar-refractivity contribution in [1.29, 1.82) is 0 Å². The molecular formula is C39H78O2. The van der Waals surface area contributed by atoms with E-state index in [0.29, 0.717) is 13.0 Å². The number of carbonyl (C=O) groups is 1. The second-order valence-corrected chi connectivity index (χ2v) is 13.3. The minimum Gasteiger partial charge on any atom is -0.466 e. The van der Waals surface area contributed by atoms with E-state index in [-0.39, 0.29) is 5.97 Å². The lowest BCUT2D eigenvalue weighted by Gasteiger charge is -2.06. The summed E-state index contributed by atoms with van der Waals surface area (Å²) in [6.07, 6.45) is 47.5. The maximum atomic E-state index is 12.0. The molecule has 0 aliphatic heterocycles. The lowest BCUT2D eigenvalue weighted by atomic mass is 10.0. The van der Waals surface area contributed by atoms with Crippen LogP contribution in [0.2, 0.25) is 0 Å². The summed E-state index contributed by atoms with van der Waals surface area (Å²) < 4.78 is 5.46. The van der Waals surface area contributed by atoms with Crippen LogP contribution in [0.1, 0.15) is 239 Å². The normalized spacial score (nSPS) is 11.4. The van der Waals surface area contributed by atoms with Crippen LogP contribution in [0.3, 0.4) is 0 Å². The minimum atomic E-state index is 0.0300. The number of carbonyl (C=O) groups excluding carboxylic acids is 1. The van der Waals surface area contributed by atoms with E-state index in [9.17, 15) is 4.79 Å². The first-order valence-corrected chi connectivity index (χ1v) is 19.5. The molecule has 0 unspecified atom stereocenters. The Balaban J connectivity index is 3.14. The van der Waals surface area contributed by atoms with Crippen LogP contribution in [0.4, 0.5) is 0 Å². The van der Waals surface area contributed by atoms with Crippen molar-refractivity contribution < 1.29 is 9.53 Å². The van der Waals surface area contributed by atoms with Gasteiger partial charge in [-0.1, -0.05) is 219 Å². The zero-order chi connectivity index (χ0) is 29.7. The Labute approximate surface area is 260 Å². The largest absolute Gasteiger partial charge is 0.466 e. The molecule has 0 aliphatic rings. The highest BCUT2D eigenvalue weighted by Gasteiger charge is 2.03. The Hall–Kier alpha value is -0.530. The molecule has 0 bridgehead atoms. The highest BCUT2D eigenvalue weighted by molar-refractivity contribution is 5.69. The van der Waals surface area contributed by atoms with E-state index in [1.165, 1.54) is 205 Å². The molecule has 0 heterocycles. The maximum absolute atomic E-state index is 12.0. The van der Waals surface area contributed by atoms with Gasteiger partial charge < -0.3 is 4.74 Å². The van der Waals surface area contributed by atoms with Gasteiger partial charge in [0.2, 0.25) is 0 Å². The third kappa shape index (κ3) is 37.4. The Bertz CT molecular complexity index is 474. The van der Waals surface area contributed by atoms with Gasteiger partial charge in [0.25, 0.3) is 0 Å². The molecule has 0 fully saturated rings. The molecule has 0 saturated carbocycles. The maximum Gasteiger partial charge on any atom is 0.305 e. The summed E-state index contributed by atoms with van der Waals surface area (Å²) in [6, 6.07) is 0. The van der Waals surface area contributed by atoms with Crippen LogP contribution < -0.4 is 0 Å². The number of esters is 1. The van der Waals surface area contributed by atoms with Crippen molar-refractivity contribution >= 4 is 5.97 Å². The molecule has 2 nitrogen and oxygen atoms in total. The van der Waals surface area contributed by atoms with Gasteiger partial charge in [0.15, 0.2) is 0 Å². The van der Waals surface area contributed by atoms with Crippen molar-refractivity contribution in [3.63, 3.8) is 0 Å². The average Bonchev–Trinajstić information content (AvgIpc) is 2.98. The van der Waals surface area contributed by atoms with Gasteiger partial charge in [-0.15, -0.1) is 0 Å². The van der Waals surface area contributed by atoms with Gasteiger partial charge in [0.05, 0.1) is 6.61 Å². The molecule has 0 aromatic heterocycles. The highest BCUT2D eigenvalue weighted by atomic mass is 16.5. The van der Waals surface area contributed by atoms with Crippen LogP contribution in [-0.2, 0) is 9.53 Å². The SMILES string of the molecule is CCCCCCCCCCCCCCCCCCCOC(=O)CCCCCCCCCCCCCCCCCCC. The van der Waals surface area contributed by atoms with Crippen LogP contribution in [0.25, 0.3) is 0 Å². The monoisotopic (exact) mass is 579 g/mol. The molecule has 41 heavy (non-hydrogen) atoms. The second kappa shape index (κ2) is 37.5. The van der Waals surface area contributed by atoms with Crippen LogP contribution in [0.15, 0.2) is 0 Å². The van der Waals surface area contributed by atoms with Gasteiger partial charge in [0.1, 0.15) is 0 Å². The first-order valence-electron chi connectivity index (χ1n) is 19.5. The third-order valence-corrected chi connectivity index (χ3v) is 9.00. The predicted octanol–water partition coefficient (Wildman–Crippen LogP) is 14.2. The molecule has 0 spiro atoms. The van der Waals surface area contributed by atoms with Crippen LogP contribution in [-0.4, -0.2) is 12.6 Å². The highest BCUT2D eigenvalue weighted by Crippen LogP contribution is 2.16. The van der Waals surface area contributed by atoms with Gasteiger partial charge in [-0.25, -0.2) is 0 Å². The molecule has 0 aromatic carbocycles. The molecule has 0 atom stereocenters. The first-order chi connectivity index (χ1) is 20.3. The molecule has 246 valence electrons. The smallest absolute Gasteiger partial charge is 0.305 e. The molecule has 0 N–H and O–H groups in total. The fourth-order valence-electron chi connectivity index (χ4n) is 6.08. The van der Waals surface area contributed by atoms with E-state index in [1.54, 1.807) is 0 Å². The molecule has 2 heteroatoms. The molecular weight excluding hydrogens is 500 g/mol. The second-order valence-electron chi connectivity index (χ2n) is 13.3. The van der Waals surface area contributed by atoms with E-state index >= 15 is 0 Å². The fraction of sp³-hybridized carbons (Fsp3) is 0.974. The summed E-state index contributed by atoms with van der Waals surface area (Å²) in [5.41, 5.74) is 0. The topological polar surface area (TPSA) is 26.3 Å². The molecule has 0 amide bonds. The standard InChI is InChI=1S/C39H78O2/c1-3-5-7-9-11-13-15-17-19-21-23-25-27-29-31-33-35-37-39(40)41-38-36-34-32-30-28-26-24-22-20-18-16-14-12-10-8-6-4-2/h3-38H2,1-2H3. The van der Waals surface area contributed by atoms with Gasteiger partial charge in [-0.05, 0) is 12.8 Å². The van der Waals surface area contributed by atoms with Crippen molar-refractivity contribution in [2.45, 2.75) is 239 Å². The Morgan fingerprint density at radius 2 is 0.537 bits per heavy atom. The molecule has 0 rings (SSSR count). The quantitative estimate of drug-likeness (QED) is 0.0546. The summed E-state index contributed by atoms with van der Waals surface area (Å²) in [5, 5.41) is 0. The number of rotatable bonds is 36.